The standard InChI is InChI=1S/C17H18N8O/c1-11-9-15(25-24-11)22-14-5-4-12(10-18)17(23-14)21-7-8-26-13-3-2-6-20-16(13)19/h2-6,9H,7-8H2,1H3,(H2,19,20)(H3,21,22,23,24,25). The van der Waals surface area contributed by atoms with Crippen LogP contribution in [-0.4, -0.2) is 33.3 Å². The van der Waals surface area contributed by atoms with E-state index < -0.39 is 0 Å². The SMILES string of the molecule is Cc1cc(Nc2ccc(C#N)c(NCCOc3cccnc3N)n2)n[nH]1. The van der Waals surface area contributed by atoms with E-state index in [1.807, 2.05) is 13.0 Å². The lowest BCUT2D eigenvalue weighted by atomic mass is 10.2. The van der Waals surface area contributed by atoms with Crippen LogP contribution in [-0.2, 0) is 0 Å². The summed E-state index contributed by atoms with van der Waals surface area (Å²) in [5, 5.41) is 22.4. The third-order valence-electron chi connectivity index (χ3n) is 3.43. The third-order valence-corrected chi connectivity index (χ3v) is 3.43. The predicted molar refractivity (Wildman–Crippen MR) is 98.2 cm³/mol. The van der Waals surface area contributed by atoms with Gasteiger partial charge < -0.3 is 21.1 Å². The van der Waals surface area contributed by atoms with E-state index in [0.717, 1.165) is 5.69 Å². The van der Waals surface area contributed by atoms with Gasteiger partial charge in [-0.3, -0.25) is 5.10 Å². The molecular weight excluding hydrogens is 332 g/mol. The van der Waals surface area contributed by atoms with E-state index in [-0.39, 0.29) is 0 Å². The van der Waals surface area contributed by atoms with Crippen LogP contribution in [0.5, 0.6) is 5.75 Å². The molecule has 9 heteroatoms. The highest BCUT2D eigenvalue weighted by molar-refractivity contribution is 5.60. The van der Waals surface area contributed by atoms with Gasteiger partial charge in [-0.2, -0.15) is 10.4 Å². The van der Waals surface area contributed by atoms with E-state index in [1.165, 1.54) is 0 Å². The van der Waals surface area contributed by atoms with Crippen molar-refractivity contribution in [3.8, 4) is 11.8 Å². The molecule has 9 nitrogen and oxygen atoms in total. The minimum absolute atomic E-state index is 0.337. The van der Waals surface area contributed by atoms with Crippen LogP contribution in [0.3, 0.4) is 0 Å². The van der Waals surface area contributed by atoms with Crippen LogP contribution >= 0.6 is 0 Å². The molecule has 0 aliphatic rings. The number of aromatic amines is 1. The first-order valence-corrected chi connectivity index (χ1v) is 7.93. The number of aromatic nitrogens is 4. The van der Waals surface area contributed by atoms with Gasteiger partial charge in [0.2, 0.25) is 0 Å². The Morgan fingerprint density at radius 1 is 1.31 bits per heavy atom. The lowest BCUT2D eigenvalue weighted by Crippen LogP contribution is -2.14. The Balaban J connectivity index is 1.61. The first-order valence-electron chi connectivity index (χ1n) is 7.93. The molecule has 0 amide bonds. The summed E-state index contributed by atoms with van der Waals surface area (Å²) in [7, 11) is 0. The second-order valence-corrected chi connectivity index (χ2v) is 5.43. The maximum atomic E-state index is 9.25. The maximum Gasteiger partial charge on any atom is 0.166 e. The van der Waals surface area contributed by atoms with Crippen molar-refractivity contribution in [1.82, 2.24) is 20.2 Å². The topological polar surface area (TPSA) is 138 Å². The summed E-state index contributed by atoms with van der Waals surface area (Å²) in [4.78, 5) is 8.38. The number of nitrogens with two attached hydrogens (primary N) is 1. The van der Waals surface area contributed by atoms with Crippen molar-refractivity contribution >= 4 is 23.3 Å². The number of ether oxygens (including phenoxy) is 1. The number of pyridine rings is 2. The fourth-order valence-electron chi connectivity index (χ4n) is 2.22. The number of hydrogen-bond donors (Lipinski definition) is 4. The molecule has 0 atom stereocenters. The van der Waals surface area contributed by atoms with Gasteiger partial charge in [-0.25, -0.2) is 9.97 Å². The van der Waals surface area contributed by atoms with Crippen molar-refractivity contribution in [2.24, 2.45) is 0 Å². The molecule has 0 aliphatic carbocycles. The number of nitrogens with one attached hydrogen (secondary N) is 3. The fraction of sp³-hybridized carbons (Fsp3) is 0.176. The van der Waals surface area contributed by atoms with Gasteiger partial charge >= 0.3 is 0 Å². The van der Waals surface area contributed by atoms with Gasteiger partial charge in [0.15, 0.2) is 17.4 Å². The molecule has 0 saturated heterocycles. The quantitative estimate of drug-likeness (QED) is 0.476. The molecule has 0 spiro atoms. The summed E-state index contributed by atoms with van der Waals surface area (Å²) in [5.74, 6) is 2.56. The van der Waals surface area contributed by atoms with Gasteiger partial charge in [0.05, 0.1) is 12.1 Å². The van der Waals surface area contributed by atoms with Crippen LogP contribution in [0, 0.1) is 18.3 Å². The van der Waals surface area contributed by atoms with E-state index in [0.29, 0.717) is 47.7 Å². The number of nitrogens with zero attached hydrogens (tertiary/aromatic N) is 4. The van der Waals surface area contributed by atoms with Crippen LogP contribution in [0.2, 0.25) is 0 Å². The van der Waals surface area contributed by atoms with Crippen molar-refractivity contribution in [2.45, 2.75) is 6.92 Å². The Bertz CT molecular complexity index is 931. The molecule has 0 fully saturated rings. The summed E-state index contributed by atoms with van der Waals surface area (Å²) in [6, 6.07) is 10.9. The first-order chi connectivity index (χ1) is 12.7. The average Bonchev–Trinajstić information content (AvgIpc) is 3.05. The second-order valence-electron chi connectivity index (χ2n) is 5.43. The average molecular weight is 350 g/mol. The second kappa shape index (κ2) is 7.85. The molecule has 0 aliphatic heterocycles. The molecule has 3 rings (SSSR count). The summed E-state index contributed by atoms with van der Waals surface area (Å²) in [5.41, 5.74) is 7.10. The van der Waals surface area contributed by atoms with E-state index in [2.05, 4.69) is 36.9 Å². The molecule has 0 bridgehead atoms. The van der Waals surface area contributed by atoms with Gasteiger partial charge in [0.25, 0.3) is 0 Å². The highest BCUT2D eigenvalue weighted by Crippen LogP contribution is 2.19. The Labute approximate surface area is 150 Å². The molecule has 0 unspecified atom stereocenters. The van der Waals surface area contributed by atoms with Gasteiger partial charge in [-0.15, -0.1) is 0 Å². The van der Waals surface area contributed by atoms with Gasteiger partial charge in [0, 0.05) is 18.0 Å². The van der Waals surface area contributed by atoms with E-state index in [4.69, 9.17) is 10.5 Å². The Hall–Kier alpha value is -3.80. The summed E-state index contributed by atoms with van der Waals surface area (Å²) >= 11 is 0. The number of hydrogen-bond acceptors (Lipinski definition) is 8. The molecule has 3 heterocycles. The van der Waals surface area contributed by atoms with Crippen LogP contribution in [0.25, 0.3) is 0 Å². The van der Waals surface area contributed by atoms with E-state index in [1.54, 1.807) is 30.5 Å². The minimum Gasteiger partial charge on any atom is -0.488 e. The largest absolute Gasteiger partial charge is 0.488 e. The molecule has 0 saturated carbocycles. The highest BCUT2D eigenvalue weighted by Gasteiger charge is 2.07. The molecule has 0 aromatic carbocycles. The lowest BCUT2D eigenvalue weighted by molar-refractivity contribution is 0.333. The predicted octanol–water partition coefficient (Wildman–Crippen LogP) is 2.20. The zero-order valence-corrected chi connectivity index (χ0v) is 14.2. The van der Waals surface area contributed by atoms with Crippen LogP contribution in [0.1, 0.15) is 11.3 Å². The number of rotatable bonds is 7. The lowest BCUT2D eigenvalue weighted by Gasteiger charge is -2.11. The number of nitrogen functional groups attached to an aromatic ring is 1. The Morgan fingerprint density at radius 3 is 2.92 bits per heavy atom. The molecule has 132 valence electrons. The van der Waals surface area contributed by atoms with Crippen molar-refractivity contribution in [2.75, 3.05) is 29.5 Å². The van der Waals surface area contributed by atoms with Gasteiger partial charge in [0.1, 0.15) is 24.3 Å². The smallest absolute Gasteiger partial charge is 0.166 e. The number of anilines is 4. The normalized spacial score (nSPS) is 10.2. The Kier molecular flexibility index (Phi) is 5.14. The molecule has 3 aromatic heterocycles. The minimum atomic E-state index is 0.337. The molecule has 26 heavy (non-hydrogen) atoms. The van der Waals surface area contributed by atoms with Crippen molar-refractivity contribution in [3.05, 3.63) is 47.8 Å². The van der Waals surface area contributed by atoms with Crippen LogP contribution < -0.4 is 21.1 Å². The maximum absolute atomic E-state index is 9.25. The van der Waals surface area contributed by atoms with Gasteiger partial charge in [-0.05, 0) is 31.2 Å². The Morgan fingerprint density at radius 2 is 2.19 bits per heavy atom. The highest BCUT2D eigenvalue weighted by atomic mass is 16.5. The monoisotopic (exact) mass is 350 g/mol. The number of nitriles is 1. The summed E-state index contributed by atoms with van der Waals surface area (Å²) in [6.45, 7) is 2.70. The van der Waals surface area contributed by atoms with Crippen LogP contribution in [0.4, 0.5) is 23.3 Å². The first kappa shape index (κ1) is 17.0. The summed E-state index contributed by atoms with van der Waals surface area (Å²) in [6.07, 6.45) is 1.60. The zero-order chi connectivity index (χ0) is 18.4. The van der Waals surface area contributed by atoms with Gasteiger partial charge in [-0.1, -0.05) is 0 Å². The number of aryl methyl sites for hydroxylation is 1. The third kappa shape index (κ3) is 4.18. The van der Waals surface area contributed by atoms with Crippen molar-refractivity contribution < 1.29 is 4.74 Å². The van der Waals surface area contributed by atoms with E-state index in [9.17, 15) is 5.26 Å². The van der Waals surface area contributed by atoms with Crippen molar-refractivity contribution in [3.63, 3.8) is 0 Å². The fourth-order valence-corrected chi connectivity index (χ4v) is 2.22. The zero-order valence-electron chi connectivity index (χ0n) is 14.2. The molecule has 0 radical (unpaired) electrons. The number of H-pyrrole nitrogens is 1. The molecule has 3 aromatic rings. The van der Waals surface area contributed by atoms with E-state index >= 15 is 0 Å². The molecular formula is C17H18N8O. The van der Waals surface area contributed by atoms with Crippen LogP contribution in [0.15, 0.2) is 36.5 Å². The summed E-state index contributed by atoms with van der Waals surface area (Å²) < 4.78 is 5.57. The molecule has 5 N–H and O–H groups in total. The van der Waals surface area contributed by atoms with Crippen molar-refractivity contribution in [1.29, 1.82) is 5.26 Å².